The smallest absolute Gasteiger partial charge is 0.253 e. The number of hydrogen-bond donors (Lipinski definition) is 1. The number of ether oxygens (including phenoxy) is 1. The fourth-order valence-corrected chi connectivity index (χ4v) is 3.16. The maximum Gasteiger partial charge on any atom is 0.253 e. The van der Waals surface area contributed by atoms with Crippen LogP contribution in [0.25, 0.3) is 6.08 Å². The molecule has 3 rings (SSSR count). The topological polar surface area (TPSA) is 58.6 Å². The third-order valence-corrected chi connectivity index (χ3v) is 5.01. The van der Waals surface area contributed by atoms with E-state index in [2.05, 4.69) is 12.2 Å². The van der Waals surface area contributed by atoms with Gasteiger partial charge in [-0.2, -0.15) is 0 Å². The first kappa shape index (κ1) is 19.7. The van der Waals surface area contributed by atoms with Gasteiger partial charge in [0.25, 0.3) is 5.91 Å². The van der Waals surface area contributed by atoms with Crippen LogP contribution in [0.2, 0.25) is 0 Å². The second kappa shape index (κ2) is 9.22. The normalized spacial score (nSPS) is 14.9. The summed E-state index contributed by atoms with van der Waals surface area (Å²) in [6.07, 6.45) is 5.33. The van der Waals surface area contributed by atoms with E-state index >= 15 is 0 Å². The van der Waals surface area contributed by atoms with Crippen LogP contribution in [0.4, 0.5) is 5.69 Å². The number of rotatable bonds is 5. The molecule has 2 aromatic carbocycles. The van der Waals surface area contributed by atoms with Crippen LogP contribution in [0.5, 0.6) is 5.75 Å². The number of anilines is 1. The van der Waals surface area contributed by atoms with Crippen molar-refractivity contribution in [1.82, 2.24) is 4.90 Å². The first-order chi connectivity index (χ1) is 13.5. The lowest BCUT2D eigenvalue weighted by atomic mass is 9.98. The van der Waals surface area contributed by atoms with Gasteiger partial charge in [0.1, 0.15) is 5.75 Å². The van der Waals surface area contributed by atoms with E-state index in [4.69, 9.17) is 4.74 Å². The van der Waals surface area contributed by atoms with Gasteiger partial charge in [0, 0.05) is 30.4 Å². The number of carbonyl (C=O) groups excluding carboxylic acids is 2. The molecule has 1 aliphatic rings. The summed E-state index contributed by atoms with van der Waals surface area (Å²) >= 11 is 0. The molecule has 0 saturated carbocycles. The number of benzene rings is 2. The minimum absolute atomic E-state index is 0.0594. The maximum absolute atomic E-state index is 12.6. The Morgan fingerprint density at radius 1 is 1.04 bits per heavy atom. The molecule has 0 unspecified atom stereocenters. The predicted molar refractivity (Wildman–Crippen MR) is 111 cm³/mol. The molecule has 5 heteroatoms. The van der Waals surface area contributed by atoms with Gasteiger partial charge in [-0.1, -0.05) is 19.1 Å². The monoisotopic (exact) mass is 378 g/mol. The minimum atomic E-state index is -0.222. The number of piperidine rings is 1. The molecule has 1 fully saturated rings. The first-order valence-electron chi connectivity index (χ1n) is 9.57. The molecule has 0 radical (unpaired) electrons. The van der Waals surface area contributed by atoms with Crippen molar-refractivity contribution in [1.29, 1.82) is 0 Å². The van der Waals surface area contributed by atoms with Crippen molar-refractivity contribution in [3.05, 3.63) is 65.7 Å². The second-order valence-electron chi connectivity index (χ2n) is 7.15. The first-order valence-corrected chi connectivity index (χ1v) is 9.57. The van der Waals surface area contributed by atoms with Crippen LogP contribution in [0.3, 0.4) is 0 Å². The Labute approximate surface area is 166 Å². The predicted octanol–water partition coefficient (Wildman–Crippen LogP) is 4.22. The van der Waals surface area contributed by atoms with Gasteiger partial charge < -0.3 is 15.0 Å². The zero-order valence-corrected chi connectivity index (χ0v) is 16.4. The highest BCUT2D eigenvalue weighted by atomic mass is 16.5. The lowest BCUT2D eigenvalue weighted by Crippen LogP contribution is -2.37. The van der Waals surface area contributed by atoms with E-state index < -0.39 is 0 Å². The molecule has 2 amide bonds. The number of carbonyl (C=O) groups is 2. The van der Waals surface area contributed by atoms with Crippen LogP contribution in [0.1, 0.15) is 35.7 Å². The van der Waals surface area contributed by atoms with Crippen molar-refractivity contribution in [2.24, 2.45) is 5.92 Å². The third kappa shape index (κ3) is 5.22. The van der Waals surface area contributed by atoms with E-state index in [0.29, 0.717) is 17.2 Å². The Morgan fingerprint density at radius 2 is 1.68 bits per heavy atom. The van der Waals surface area contributed by atoms with Crippen LogP contribution in [-0.4, -0.2) is 36.9 Å². The van der Waals surface area contributed by atoms with Gasteiger partial charge in [-0.05, 0) is 66.8 Å². The standard InChI is InChI=1S/C23H26N2O3/c1-17-13-15-25(16-14-17)23(27)19-6-8-20(9-7-19)24-22(26)12-5-18-3-10-21(28-2)11-4-18/h3-12,17H,13-16H2,1-2H3,(H,24,26)/b12-5+. The van der Waals surface area contributed by atoms with Gasteiger partial charge in [-0.15, -0.1) is 0 Å². The van der Waals surface area contributed by atoms with Gasteiger partial charge >= 0.3 is 0 Å². The van der Waals surface area contributed by atoms with Crippen molar-refractivity contribution >= 4 is 23.6 Å². The highest BCUT2D eigenvalue weighted by molar-refractivity contribution is 6.02. The molecule has 0 aliphatic carbocycles. The molecule has 0 spiro atoms. The van der Waals surface area contributed by atoms with Gasteiger partial charge in [0.05, 0.1) is 7.11 Å². The summed E-state index contributed by atoms with van der Waals surface area (Å²) in [6, 6.07) is 14.5. The van der Waals surface area contributed by atoms with E-state index in [-0.39, 0.29) is 11.8 Å². The summed E-state index contributed by atoms with van der Waals surface area (Å²) in [6.45, 7) is 3.85. The average Bonchev–Trinajstić information content (AvgIpc) is 2.73. The van der Waals surface area contributed by atoms with Gasteiger partial charge in [0.15, 0.2) is 0 Å². The SMILES string of the molecule is COc1ccc(/C=C/C(=O)Nc2ccc(C(=O)N3CCC(C)CC3)cc2)cc1. The molecule has 0 aromatic heterocycles. The molecule has 28 heavy (non-hydrogen) atoms. The number of nitrogens with one attached hydrogen (secondary N) is 1. The molecule has 0 atom stereocenters. The Kier molecular flexibility index (Phi) is 6.48. The van der Waals surface area contributed by atoms with E-state index in [1.165, 1.54) is 6.08 Å². The fraction of sp³-hybridized carbons (Fsp3) is 0.304. The van der Waals surface area contributed by atoms with E-state index in [9.17, 15) is 9.59 Å². The summed E-state index contributed by atoms with van der Waals surface area (Å²) in [5.41, 5.74) is 2.22. The number of nitrogens with zero attached hydrogens (tertiary/aromatic N) is 1. The zero-order valence-electron chi connectivity index (χ0n) is 16.4. The van der Waals surface area contributed by atoms with Crippen LogP contribution < -0.4 is 10.1 Å². The second-order valence-corrected chi connectivity index (χ2v) is 7.15. The third-order valence-electron chi connectivity index (χ3n) is 5.01. The molecule has 2 aromatic rings. The van der Waals surface area contributed by atoms with Crippen LogP contribution in [-0.2, 0) is 4.79 Å². The van der Waals surface area contributed by atoms with E-state index in [0.717, 1.165) is 37.2 Å². The minimum Gasteiger partial charge on any atom is -0.497 e. The maximum atomic E-state index is 12.6. The lowest BCUT2D eigenvalue weighted by molar-refractivity contribution is -0.111. The van der Waals surface area contributed by atoms with Crippen LogP contribution in [0, 0.1) is 5.92 Å². The Hall–Kier alpha value is -3.08. The van der Waals surface area contributed by atoms with E-state index in [1.54, 1.807) is 37.5 Å². The van der Waals surface area contributed by atoms with Crippen molar-refractivity contribution in [3.63, 3.8) is 0 Å². The highest BCUT2D eigenvalue weighted by Crippen LogP contribution is 2.19. The Bertz CT molecular complexity index is 833. The average molecular weight is 378 g/mol. The fourth-order valence-electron chi connectivity index (χ4n) is 3.16. The van der Waals surface area contributed by atoms with Crippen molar-refractivity contribution < 1.29 is 14.3 Å². The van der Waals surface area contributed by atoms with Gasteiger partial charge in [-0.3, -0.25) is 9.59 Å². The summed E-state index contributed by atoms with van der Waals surface area (Å²) < 4.78 is 5.11. The number of hydrogen-bond acceptors (Lipinski definition) is 3. The lowest BCUT2D eigenvalue weighted by Gasteiger charge is -2.30. The molecule has 1 saturated heterocycles. The van der Waals surface area contributed by atoms with Gasteiger partial charge in [0.2, 0.25) is 5.91 Å². The molecule has 146 valence electrons. The van der Waals surface area contributed by atoms with Crippen molar-refractivity contribution in [2.45, 2.75) is 19.8 Å². The van der Waals surface area contributed by atoms with Crippen LogP contribution in [0.15, 0.2) is 54.6 Å². The summed E-state index contributed by atoms with van der Waals surface area (Å²) in [5.74, 6) is 1.30. The molecule has 5 nitrogen and oxygen atoms in total. The van der Waals surface area contributed by atoms with Crippen molar-refractivity contribution in [3.8, 4) is 5.75 Å². The Balaban J connectivity index is 1.55. The number of methoxy groups -OCH3 is 1. The molecule has 1 N–H and O–H groups in total. The Morgan fingerprint density at radius 3 is 2.29 bits per heavy atom. The molecule has 1 heterocycles. The summed E-state index contributed by atoms with van der Waals surface area (Å²) in [5, 5.41) is 2.81. The molecule has 1 aliphatic heterocycles. The molecular formula is C23H26N2O3. The highest BCUT2D eigenvalue weighted by Gasteiger charge is 2.21. The van der Waals surface area contributed by atoms with Crippen molar-refractivity contribution in [2.75, 3.05) is 25.5 Å². The number of likely N-dealkylation sites (tertiary alicyclic amines) is 1. The largest absolute Gasteiger partial charge is 0.497 e. The van der Waals surface area contributed by atoms with Crippen LogP contribution >= 0.6 is 0 Å². The summed E-state index contributed by atoms with van der Waals surface area (Å²) in [4.78, 5) is 26.6. The van der Waals surface area contributed by atoms with E-state index in [1.807, 2.05) is 29.2 Å². The summed E-state index contributed by atoms with van der Waals surface area (Å²) in [7, 11) is 1.62. The quantitative estimate of drug-likeness (QED) is 0.793. The number of amides is 2. The van der Waals surface area contributed by atoms with Gasteiger partial charge in [-0.25, -0.2) is 0 Å². The molecule has 0 bridgehead atoms. The molecular weight excluding hydrogens is 352 g/mol. The zero-order chi connectivity index (χ0) is 19.9.